The standard InChI is InChI=1S/C23H28N8OS/c1-14-10-19(33-29-14)11-21-27-20-8-9-31(18-12-24-30(3)13-18)22(20)23(28-21)26-17-6-4-16(5-7-17)25-15(2)32/h8-10,12-13,16-17H,4-7,11H2,1-3H3,(H,25,32)(H,26,27,28). The quantitative estimate of drug-likeness (QED) is 0.454. The highest BCUT2D eigenvalue weighted by Crippen LogP contribution is 2.29. The van der Waals surface area contributed by atoms with Crippen LogP contribution in [0.3, 0.4) is 0 Å². The molecule has 1 amide bonds. The van der Waals surface area contributed by atoms with Gasteiger partial charge in [0.2, 0.25) is 5.91 Å². The maximum Gasteiger partial charge on any atom is 0.217 e. The first kappa shape index (κ1) is 21.6. The molecule has 1 aliphatic rings. The third-order valence-corrected chi connectivity index (χ3v) is 6.91. The Morgan fingerprint density at radius 1 is 1.21 bits per heavy atom. The maximum atomic E-state index is 11.4. The van der Waals surface area contributed by atoms with Gasteiger partial charge in [0.05, 0.1) is 23.1 Å². The van der Waals surface area contributed by atoms with Crippen molar-refractivity contribution in [3.63, 3.8) is 0 Å². The van der Waals surface area contributed by atoms with Gasteiger partial charge in [0.25, 0.3) is 0 Å². The molecule has 1 fully saturated rings. The summed E-state index contributed by atoms with van der Waals surface area (Å²) in [6.07, 6.45) is 10.4. The lowest BCUT2D eigenvalue weighted by Gasteiger charge is -2.30. The van der Waals surface area contributed by atoms with Gasteiger partial charge >= 0.3 is 0 Å². The van der Waals surface area contributed by atoms with Gasteiger partial charge in [0, 0.05) is 49.7 Å². The number of rotatable bonds is 6. The molecule has 0 aromatic carbocycles. The number of hydrogen-bond acceptors (Lipinski definition) is 7. The minimum absolute atomic E-state index is 0.0427. The Bertz CT molecular complexity index is 1280. The molecule has 2 N–H and O–H groups in total. The van der Waals surface area contributed by atoms with Crippen molar-refractivity contribution >= 4 is 34.3 Å². The highest BCUT2D eigenvalue weighted by molar-refractivity contribution is 7.05. The van der Waals surface area contributed by atoms with Crippen LogP contribution >= 0.6 is 11.5 Å². The van der Waals surface area contributed by atoms with Crippen molar-refractivity contribution in [1.29, 1.82) is 0 Å². The smallest absolute Gasteiger partial charge is 0.217 e. The first-order chi connectivity index (χ1) is 15.9. The summed E-state index contributed by atoms with van der Waals surface area (Å²) in [5.74, 6) is 1.67. The second kappa shape index (κ2) is 8.93. The third-order valence-electron chi connectivity index (χ3n) is 6.03. The lowest BCUT2D eigenvalue weighted by Crippen LogP contribution is -2.39. The first-order valence-corrected chi connectivity index (χ1v) is 12.0. The first-order valence-electron chi connectivity index (χ1n) is 11.3. The summed E-state index contributed by atoms with van der Waals surface area (Å²) in [6.45, 7) is 3.59. The molecule has 4 heterocycles. The topological polar surface area (TPSA) is 103 Å². The van der Waals surface area contributed by atoms with Crippen molar-refractivity contribution in [2.75, 3.05) is 5.32 Å². The molecule has 33 heavy (non-hydrogen) atoms. The summed E-state index contributed by atoms with van der Waals surface area (Å²) in [5, 5.41) is 11.1. The van der Waals surface area contributed by atoms with Crippen molar-refractivity contribution < 1.29 is 4.79 Å². The largest absolute Gasteiger partial charge is 0.365 e. The van der Waals surface area contributed by atoms with Gasteiger partial charge in [0.1, 0.15) is 11.3 Å². The van der Waals surface area contributed by atoms with E-state index in [0.717, 1.165) is 64.6 Å². The molecule has 1 saturated carbocycles. The zero-order chi connectivity index (χ0) is 22.9. The van der Waals surface area contributed by atoms with E-state index in [1.165, 1.54) is 11.5 Å². The highest BCUT2D eigenvalue weighted by Gasteiger charge is 2.24. The van der Waals surface area contributed by atoms with Gasteiger partial charge in [-0.2, -0.15) is 9.47 Å². The second-order valence-corrected chi connectivity index (χ2v) is 9.67. The fourth-order valence-corrected chi connectivity index (χ4v) is 5.27. The van der Waals surface area contributed by atoms with E-state index in [1.54, 1.807) is 11.6 Å². The van der Waals surface area contributed by atoms with E-state index in [4.69, 9.17) is 9.97 Å². The number of nitrogens with one attached hydrogen (secondary N) is 2. The fraction of sp³-hybridized carbons (Fsp3) is 0.435. The molecule has 4 aromatic rings. The Balaban J connectivity index is 1.47. The van der Waals surface area contributed by atoms with Gasteiger partial charge < -0.3 is 15.2 Å². The van der Waals surface area contributed by atoms with Gasteiger partial charge in [-0.05, 0) is 56.3 Å². The van der Waals surface area contributed by atoms with Crippen LogP contribution in [0.1, 0.15) is 49.0 Å². The normalized spacial score (nSPS) is 18.5. The number of aryl methyl sites for hydroxylation is 2. The van der Waals surface area contributed by atoms with Gasteiger partial charge in [-0.25, -0.2) is 9.97 Å². The number of amides is 1. The van der Waals surface area contributed by atoms with E-state index in [0.29, 0.717) is 12.5 Å². The molecule has 0 spiro atoms. The van der Waals surface area contributed by atoms with Crippen LogP contribution in [0.2, 0.25) is 0 Å². The molecule has 1 aliphatic carbocycles. The second-order valence-electron chi connectivity index (χ2n) is 8.79. The fourth-order valence-electron chi connectivity index (χ4n) is 4.54. The van der Waals surface area contributed by atoms with E-state index < -0.39 is 0 Å². The van der Waals surface area contributed by atoms with Gasteiger partial charge in [-0.1, -0.05) is 0 Å². The summed E-state index contributed by atoms with van der Waals surface area (Å²) in [4.78, 5) is 22.4. The van der Waals surface area contributed by atoms with E-state index in [2.05, 4.69) is 30.7 Å². The number of hydrogen-bond donors (Lipinski definition) is 2. The predicted molar refractivity (Wildman–Crippen MR) is 129 cm³/mol. The van der Waals surface area contributed by atoms with Crippen LogP contribution in [-0.2, 0) is 18.3 Å². The highest BCUT2D eigenvalue weighted by atomic mass is 32.1. The molecular weight excluding hydrogens is 436 g/mol. The van der Waals surface area contributed by atoms with Crippen LogP contribution in [0.25, 0.3) is 16.7 Å². The molecule has 4 aromatic heterocycles. The molecular formula is C23H28N8OS. The van der Waals surface area contributed by atoms with E-state index in [-0.39, 0.29) is 11.9 Å². The maximum absolute atomic E-state index is 11.4. The van der Waals surface area contributed by atoms with Crippen molar-refractivity contribution in [2.45, 2.75) is 58.0 Å². The third kappa shape index (κ3) is 4.75. The number of anilines is 1. The SMILES string of the molecule is CC(=O)NC1CCC(Nc2nc(Cc3cc(C)ns3)nc3ccn(-c4cnn(C)c4)c23)CC1. The van der Waals surface area contributed by atoms with E-state index in [1.807, 2.05) is 38.6 Å². The average Bonchev–Trinajstić information content (AvgIpc) is 3.49. The molecule has 172 valence electrons. The lowest BCUT2D eigenvalue weighted by atomic mass is 9.91. The molecule has 5 rings (SSSR count). The summed E-state index contributed by atoms with van der Waals surface area (Å²) >= 11 is 1.50. The predicted octanol–water partition coefficient (Wildman–Crippen LogP) is 3.37. The van der Waals surface area contributed by atoms with Gasteiger partial charge in [-0.3, -0.25) is 9.48 Å². The average molecular weight is 465 g/mol. The Labute approximate surface area is 196 Å². The van der Waals surface area contributed by atoms with Crippen LogP contribution in [-0.4, -0.2) is 46.7 Å². The van der Waals surface area contributed by atoms with Crippen LogP contribution in [0, 0.1) is 6.92 Å². The number of carbonyl (C=O) groups is 1. The van der Waals surface area contributed by atoms with E-state index >= 15 is 0 Å². The Morgan fingerprint density at radius 2 is 2.00 bits per heavy atom. The monoisotopic (exact) mass is 464 g/mol. The van der Waals surface area contributed by atoms with Gasteiger partial charge in [-0.15, -0.1) is 0 Å². The van der Waals surface area contributed by atoms with Crippen molar-refractivity contribution in [1.82, 2.24) is 34.0 Å². The molecule has 9 nitrogen and oxygen atoms in total. The molecule has 0 aliphatic heterocycles. The summed E-state index contributed by atoms with van der Waals surface area (Å²) in [5.41, 5.74) is 3.85. The molecule has 0 unspecified atom stereocenters. The molecule has 10 heteroatoms. The number of carbonyl (C=O) groups excluding carboxylic acids is 1. The Morgan fingerprint density at radius 3 is 2.67 bits per heavy atom. The van der Waals surface area contributed by atoms with Crippen LogP contribution in [0.4, 0.5) is 5.82 Å². The number of nitrogens with zero attached hydrogens (tertiary/aromatic N) is 6. The van der Waals surface area contributed by atoms with Crippen molar-refractivity contribution in [3.8, 4) is 5.69 Å². The summed E-state index contributed by atoms with van der Waals surface area (Å²) in [6, 6.07) is 4.68. The zero-order valence-electron chi connectivity index (χ0n) is 19.1. The zero-order valence-corrected chi connectivity index (χ0v) is 19.9. The van der Waals surface area contributed by atoms with Crippen molar-refractivity contribution in [2.24, 2.45) is 7.05 Å². The number of fused-ring (bicyclic) bond motifs is 1. The Hall–Kier alpha value is -3.27. The van der Waals surface area contributed by atoms with Crippen molar-refractivity contribution in [3.05, 3.63) is 47.1 Å². The van der Waals surface area contributed by atoms with Crippen LogP contribution < -0.4 is 10.6 Å². The lowest BCUT2D eigenvalue weighted by molar-refractivity contribution is -0.119. The van der Waals surface area contributed by atoms with Gasteiger partial charge in [0.15, 0.2) is 5.82 Å². The molecule has 0 bridgehead atoms. The molecule has 0 radical (unpaired) electrons. The molecule has 0 atom stereocenters. The summed E-state index contributed by atoms with van der Waals surface area (Å²) < 4.78 is 8.27. The number of aromatic nitrogens is 6. The minimum atomic E-state index is 0.0427. The van der Waals surface area contributed by atoms with Crippen LogP contribution in [0.5, 0.6) is 0 Å². The summed E-state index contributed by atoms with van der Waals surface area (Å²) in [7, 11) is 1.91. The van der Waals surface area contributed by atoms with E-state index in [9.17, 15) is 4.79 Å². The molecule has 0 saturated heterocycles. The minimum Gasteiger partial charge on any atom is -0.365 e. The Kier molecular flexibility index (Phi) is 5.84. The van der Waals surface area contributed by atoms with Crippen LogP contribution in [0.15, 0.2) is 30.7 Å².